The smallest absolute Gasteiger partial charge is 0.408 e. The number of aromatic nitrogens is 1. The van der Waals surface area contributed by atoms with Crippen LogP contribution in [0.25, 0.3) is 11.1 Å². The first-order valence-corrected chi connectivity index (χ1v) is 9.20. The van der Waals surface area contributed by atoms with Crippen LogP contribution < -0.4 is 11.5 Å². The number of carbonyl (C=O) groups is 2. The summed E-state index contributed by atoms with van der Waals surface area (Å²) < 4.78 is 6.72. The molecule has 1 aliphatic heterocycles. The maximum absolute atomic E-state index is 12.7. The Labute approximate surface area is 157 Å². The summed E-state index contributed by atoms with van der Waals surface area (Å²) in [4.78, 5) is 40.2. The Bertz CT molecular complexity index is 914. The van der Waals surface area contributed by atoms with Gasteiger partial charge in [0.15, 0.2) is 5.58 Å². The zero-order valence-electron chi connectivity index (χ0n) is 16.0. The normalized spacial score (nSPS) is 18.4. The standard InChI is InChI=1S/C19H26N4O4/c1-12(2)22-9-8-21(11-15(22)18(20)25)17(24)6-7-23-14-10-13(3)4-5-16(14)27-19(23)26/h4-5,10,12,15H,6-9,11H2,1-3H3,(H2,20,25)/t15-/m1/s1. The number of rotatable bonds is 5. The number of aryl methyl sites for hydroxylation is 2. The molecule has 1 aromatic heterocycles. The van der Waals surface area contributed by atoms with E-state index in [-0.39, 0.29) is 31.5 Å². The van der Waals surface area contributed by atoms with Gasteiger partial charge in [-0.15, -0.1) is 0 Å². The van der Waals surface area contributed by atoms with Gasteiger partial charge in [-0.1, -0.05) is 6.07 Å². The molecule has 0 radical (unpaired) electrons. The molecule has 2 aromatic rings. The van der Waals surface area contributed by atoms with Gasteiger partial charge in [0.05, 0.1) is 5.52 Å². The number of fused-ring (bicyclic) bond motifs is 1. The fourth-order valence-corrected chi connectivity index (χ4v) is 3.64. The molecule has 0 spiro atoms. The summed E-state index contributed by atoms with van der Waals surface area (Å²) in [5.74, 6) is -0.990. The molecule has 2 heterocycles. The molecular formula is C19H26N4O4. The Balaban J connectivity index is 1.70. The second-order valence-electron chi connectivity index (χ2n) is 7.33. The van der Waals surface area contributed by atoms with Crippen molar-refractivity contribution < 1.29 is 14.0 Å². The van der Waals surface area contributed by atoms with Gasteiger partial charge in [0.2, 0.25) is 11.8 Å². The van der Waals surface area contributed by atoms with Crippen molar-refractivity contribution in [2.24, 2.45) is 5.73 Å². The van der Waals surface area contributed by atoms with Gasteiger partial charge >= 0.3 is 5.76 Å². The molecule has 27 heavy (non-hydrogen) atoms. The van der Waals surface area contributed by atoms with Crippen LogP contribution in [0.3, 0.4) is 0 Å². The topological polar surface area (TPSA) is 102 Å². The van der Waals surface area contributed by atoms with Crippen molar-refractivity contribution >= 4 is 22.9 Å². The lowest BCUT2D eigenvalue weighted by Crippen LogP contribution is -2.61. The van der Waals surface area contributed by atoms with Crippen molar-refractivity contribution in [3.63, 3.8) is 0 Å². The third-order valence-electron chi connectivity index (χ3n) is 5.14. The molecule has 1 saturated heterocycles. The van der Waals surface area contributed by atoms with E-state index in [4.69, 9.17) is 10.2 Å². The maximum atomic E-state index is 12.7. The summed E-state index contributed by atoms with van der Waals surface area (Å²) in [5.41, 5.74) is 7.74. The van der Waals surface area contributed by atoms with Crippen molar-refractivity contribution in [2.75, 3.05) is 19.6 Å². The van der Waals surface area contributed by atoms with Crippen LogP contribution in [-0.2, 0) is 16.1 Å². The Morgan fingerprint density at radius 1 is 1.30 bits per heavy atom. The van der Waals surface area contributed by atoms with Crippen LogP contribution in [0.1, 0.15) is 25.8 Å². The van der Waals surface area contributed by atoms with Gasteiger partial charge < -0.3 is 15.1 Å². The lowest BCUT2D eigenvalue weighted by Gasteiger charge is -2.42. The molecular weight excluding hydrogens is 348 g/mol. The van der Waals surface area contributed by atoms with E-state index in [0.717, 1.165) is 5.56 Å². The second-order valence-corrected chi connectivity index (χ2v) is 7.33. The molecule has 0 saturated carbocycles. The molecule has 1 atom stereocenters. The van der Waals surface area contributed by atoms with Crippen molar-refractivity contribution in [2.45, 2.75) is 45.8 Å². The van der Waals surface area contributed by atoms with Crippen molar-refractivity contribution in [3.05, 3.63) is 34.3 Å². The van der Waals surface area contributed by atoms with Crippen LogP contribution in [0, 0.1) is 6.92 Å². The van der Waals surface area contributed by atoms with Crippen LogP contribution in [-0.4, -0.2) is 57.9 Å². The first-order valence-electron chi connectivity index (χ1n) is 9.20. The molecule has 8 heteroatoms. The van der Waals surface area contributed by atoms with Crippen molar-refractivity contribution in [3.8, 4) is 0 Å². The highest BCUT2D eigenvalue weighted by Gasteiger charge is 2.34. The molecule has 3 rings (SSSR count). The molecule has 2 N–H and O–H groups in total. The predicted molar refractivity (Wildman–Crippen MR) is 101 cm³/mol. The Morgan fingerprint density at radius 3 is 2.70 bits per heavy atom. The number of amides is 2. The molecule has 0 unspecified atom stereocenters. The average Bonchev–Trinajstić information content (AvgIpc) is 2.93. The summed E-state index contributed by atoms with van der Waals surface area (Å²) in [5, 5.41) is 0. The van der Waals surface area contributed by atoms with Gasteiger partial charge in [-0.25, -0.2) is 4.79 Å². The molecule has 0 aliphatic carbocycles. The highest BCUT2D eigenvalue weighted by Crippen LogP contribution is 2.17. The van der Waals surface area contributed by atoms with E-state index < -0.39 is 17.7 Å². The number of carbonyl (C=O) groups excluding carboxylic acids is 2. The lowest BCUT2D eigenvalue weighted by atomic mass is 10.1. The zero-order chi connectivity index (χ0) is 19.7. The fourth-order valence-electron chi connectivity index (χ4n) is 3.64. The number of primary amides is 1. The molecule has 1 aliphatic rings. The largest absolute Gasteiger partial charge is 0.419 e. The Kier molecular flexibility index (Phi) is 5.36. The molecule has 146 valence electrons. The van der Waals surface area contributed by atoms with Crippen molar-refractivity contribution in [1.82, 2.24) is 14.4 Å². The van der Waals surface area contributed by atoms with Crippen LogP contribution in [0.2, 0.25) is 0 Å². The van der Waals surface area contributed by atoms with Crippen LogP contribution in [0.5, 0.6) is 0 Å². The van der Waals surface area contributed by atoms with Crippen LogP contribution in [0.15, 0.2) is 27.4 Å². The summed E-state index contributed by atoms with van der Waals surface area (Å²) in [6.45, 7) is 7.61. The van der Waals surface area contributed by atoms with Gasteiger partial charge in [-0.05, 0) is 38.5 Å². The van der Waals surface area contributed by atoms with E-state index in [0.29, 0.717) is 24.2 Å². The molecule has 0 bridgehead atoms. The number of benzene rings is 1. The second kappa shape index (κ2) is 7.56. The van der Waals surface area contributed by atoms with Gasteiger partial charge in [0.1, 0.15) is 6.04 Å². The van der Waals surface area contributed by atoms with Crippen LogP contribution >= 0.6 is 0 Å². The monoisotopic (exact) mass is 374 g/mol. The number of piperazine rings is 1. The fraction of sp³-hybridized carbons (Fsp3) is 0.526. The Hall–Kier alpha value is -2.61. The van der Waals surface area contributed by atoms with Gasteiger partial charge in [-0.2, -0.15) is 0 Å². The highest BCUT2D eigenvalue weighted by atomic mass is 16.4. The van der Waals surface area contributed by atoms with Gasteiger partial charge in [0, 0.05) is 38.6 Å². The quantitative estimate of drug-likeness (QED) is 0.830. The minimum atomic E-state index is -0.483. The number of hydrogen-bond acceptors (Lipinski definition) is 5. The van der Waals surface area contributed by atoms with E-state index in [1.165, 1.54) is 4.57 Å². The van der Waals surface area contributed by atoms with Gasteiger partial charge in [-0.3, -0.25) is 19.1 Å². The minimum Gasteiger partial charge on any atom is -0.408 e. The van der Waals surface area contributed by atoms with Gasteiger partial charge in [0.25, 0.3) is 0 Å². The maximum Gasteiger partial charge on any atom is 0.419 e. The van der Waals surface area contributed by atoms with E-state index in [1.807, 2.05) is 37.8 Å². The van der Waals surface area contributed by atoms with E-state index in [1.54, 1.807) is 11.0 Å². The lowest BCUT2D eigenvalue weighted by molar-refractivity contribution is -0.138. The zero-order valence-corrected chi connectivity index (χ0v) is 16.0. The first kappa shape index (κ1) is 19.2. The van der Waals surface area contributed by atoms with Crippen molar-refractivity contribution in [1.29, 1.82) is 0 Å². The molecule has 8 nitrogen and oxygen atoms in total. The first-order chi connectivity index (χ1) is 12.8. The number of nitrogens with two attached hydrogens (primary N) is 1. The minimum absolute atomic E-state index is 0.0986. The average molecular weight is 374 g/mol. The van der Waals surface area contributed by atoms with E-state index >= 15 is 0 Å². The highest BCUT2D eigenvalue weighted by molar-refractivity contribution is 5.82. The SMILES string of the molecule is Cc1ccc2oc(=O)n(CCC(=O)N3CCN(C(C)C)[C@@H](C(N)=O)C3)c2c1. The molecule has 1 fully saturated rings. The number of oxazole rings is 1. The Morgan fingerprint density at radius 2 is 2.04 bits per heavy atom. The molecule has 2 amide bonds. The summed E-state index contributed by atoms with van der Waals surface area (Å²) in [6, 6.07) is 5.20. The summed E-state index contributed by atoms with van der Waals surface area (Å²) in [7, 11) is 0. The van der Waals surface area contributed by atoms with Crippen LogP contribution in [0.4, 0.5) is 0 Å². The number of hydrogen-bond donors (Lipinski definition) is 1. The predicted octanol–water partition coefficient (Wildman–Crippen LogP) is 0.700. The van der Waals surface area contributed by atoms with E-state index in [9.17, 15) is 14.4 Å². The van der Waals surface area contributed by atoms with E-state index in [2.05, 4.69) is 0 Å². The number of nitrogens with zero attached hydrogens (tertiary/aromatic N) is 3. The summed E-state index contributed by atoms with van der Waals surface area (Å²) in [6.07, 6.45) is 0.162. The molecule has 1 aromatic carbocycles. The third kappa shape index (κ3) is 3.90. The third-order valence-corrected chi connectivity index (χ3v) is 5.14. The summed E-state index contributed by atoms with van der Waals surface area (Å²) >= 11 is 0.